The molecule has 0 aromatic heterocycles. The van der Waals surface area contributed by atoms with Crippen LogP contribution in [0.25, 0.3) is 11.1 Å². The highest BCUT2D eigenvalue weighted by Gasteiger charge is 2.17. The van der Waals surface area contributed by atoms with Crippen LogP contribution in [0.15, 0.2) is 83.8 Å². The molecule has 1 atom stereocenters. The second-order valence-corrected chi connectivity index (χ2v) is 7.93. The van der Waals surface area contributed by atoms with Crippen molar-refractivity contribution in [3.8, 4) is 11.1 Å². The Balaban J connectivity index is 0.00000145. The van der Waals surface area contributed by atoms with Gasteiger partial charge in [0.1, 0.15) is 0 Å². The largest absolute Gasteiger partial charge is 0.481 e. The van der Waals surface area contributed by atoms with Crippen LogP contribution in [0, 0.1) is 5.92 Å². The summed E-state index contributed by atoms with van der Waals surface area (Å²) in [6.45, 7) is 4.00. The zero-order valence-corrected chi connectivity index (χ0v) is 18.4. The molecule has 0 radical (unpaired) electrons. The Kier molecular flexibility index (Phi) is 9.82. The number of carboxylic acid groups (broad SMARTS) is 1. The van der Waals surface area contributed by atoms with Gasteiger partial charge in [0.15, 0.2) is 0 Å². The first kappa shape index (κ1) is 23.1. The van der Waals surface area contributed by atoms with Crippen molar-refractivity contribution in [2.24, 2.45) is 5.92 Å². The first-order valence-corrected chi connectivity index (χ1v) is 11.2. The fourth-order valence-corrected chi connectivity index (χ4v) is 4.02. The third kappa shape index (κ3) is 7.60. The van der Waals surface area contributed by atoms with Crippen molar-refractivity contribution in [3.63, 3.8) is 0 Å². The number of halogens is 1. The minimum Gasteiger partial charge on any atom is -0.481 e. The van der Waals surface area contributed by atoms with Gasteiger partial charge in [0.25, 0.3) is 0 Å². The molecule has 0 spiro atoms. The molecule has 1 unspecified atom stereocenters. The fraction of sp³-hybridized carbons (Fsp3) is 0.240. The van der Waals surface area contributed by atoms with Gasteiger partial charge < -0.3 is 5.11 Å². The van der Waals surface area contributed by atoms with E-state index in [1.165, 1.54) is 0 Å². The fourth-order valence-electron chi connectivity index (χ4n) is 2.84. The molecule has 0 saturated heterocycles. The van der Waals surface area contributed by atoms with Crippen molar-refractivity contribution in [2.45, 2.75) is 31.6 Å². The Morgan fingerprint density at radius 1 is 0.897 bits per heavy atom. The summed E-state index contributed by atoms with van der Waals surface area (Å²) in [5.41, 5.74) is 3.40. The second kappa shape index (κ2) is 12.4. The lowest BCUT2D eigenvalue weighted by atomic mass is 9.98. The third-order valence-corrected chi connectivity index (χ3v) is 5.88. The minimum atomic E-state index is -0.726. The Morgan fingerprint density at radius 2 is 1.45 bits per heavy atom. The lowest BCUT2D eigenvalue weighted by Gasteiger charge is -2.12. The number of hydrogen-bond donors (Lipinski definition) is 1. The van der Waals surface area contributed by atoms with Gasteiger partial charge in [0, 0.05) is 15.7 Å². The van der Waals surface area contributed by atoms with Gasteiger partial charge in [-0.15, -0.1) is 11.8 Å². The van der Waals surface area contributed by atoms with Gasteiger partial charge in [-0.2, -0.15) is 0 Å². The molecule has 152 valence electrons. The van der Waals surface area contributed by atoms with E-state index >= 15 is 0 Å². The molecule has 1 N–H and O–H groups in total. The molecule has 3 aromatic rings. The van der Waals surface area contributed by atoms with Crippen LogP contribution in [0.1, 0.15) is 25.8 Å². The Labute approximate surface area is 182 Å². The zero-order chi connectivity index (χ0) is 21.1. The molecule has 3 rings (SSSR count). The number of aryl methyl sites for hydroxylation is 1. The van der Waals surface area contributed by atoms with Crippen molar-refractivity contribution < 1.29 is 9.90 Å². The van der Waals surface area contributed by atoms with Gasteiger partial charge in [-0.3, -0.25) is 4.79 Å². The highest BCUT2D eigenvalue weighted by Crippen LogP contribution is 2.25. The Morgan fingerprint density at radius 3 is 2.00 bits per heavy atom. The van der Waals surface area contributed by atoms with Crippen molar-refractivity contribution in [2.75, 3.05) is 5.75 Å². The quantitative estimate of drug-likeness (QED) is 0.380. The van der Waals surface area contributed by atoms with E-state index in [2.05, 4.69) is 24.3 Å². The average Bonchev–Trinajstić information content (AvgIpc) is 2.76. The summed E-state index contributed by atoms with van der Waals surface area (Å²) < 4.78 is 0. The second-order valence-electron chi connectivity index (χ2n) is 6.40. The number of carbonyl (C=O) groups is 1. The topological polar surface area (TPSA) is 37.3 Å². The molecule has 0 bridgehead atoms. The standard InChI is InChI=1S/C23H21ClO2S.C2H6/c24-21-14-12-19(13-15-21)18-9-6-17(7-10-18)8-11-20(23(25)26)16-27-22-4-2-1-3-5-22;1-2/h1-7,9-10,12-15,20H,8,11,16H2,(H,25,26);1-2H3. The molecule has 4 heteroatoms. The first-order valence-electron chi connectivity index (χ1n) is 9.87. The number of rotatable bonds is 8. The van der Waals surface area contributed by atoms with E-state index < -0.39 is 5.97 Å². The summed E-state index contributed by atoms with van der Waals surface area (Å²) in [5.74, 6) is -0.496. The summed E-state index contributed by atoms with van der Waals surface area (Å²) in [5, 5.41) is 10.2. The number of hydrogen-bond acceptors (Lipinski definition) is 2. The Hall–Kier alpha value is -2.23. The molecule has 2 nitrogen and oxygen atoms in total. The molecule has 0 aliphatic heterocycles. The Bertz CT molecular complexity index is 862. The van der Waals surface area contributed by atoms with Crippen molar-refractivity contribution in [1.29, 1.82) is 0 Å². The van der Waals surface area contributed by atoms with Crippen LogP contribution in [0.3, 0.4) is 0 Å². The van der Waals surface area contributed by atoms with E-state index in [1.54, 1.807) is 11.8 Å². The number of thioether (sulfide) groups is 1. The maximum Gasteiger partial charge on any atom is 0.307 e. The molecule has 29 heavy (non-hydrogen) atoms. The van der Waals surface area contributed by atoms with Crippen LogP contribution in [0.5, 0.6) is 0 Å². The summed E-state index contributed by atoms with van der Waals surface area (Å²) in [7, 11) is 0. The summed E-state index contributed by atoms with van der Waals surface area (Å²) in [4.78, 5) is 12.7. The molecule has 0 saturated carbocycles. The van der Waals surface area contributed by atoms with Gasteiger partial charge in [0.05, 0.1) is 5.92 Å². The van der Waals surface area contributed by atoms with E-state index in [0.29, 0.717) is 12.2 Å². The van der Waals surface area contributed by atoms with Gasteiger partial charge in [-0.25, -0.2) is 0 Å². The summed E-state index contributed by atoms with van der Waals surface area (Å²) in [6.07, 6.45) is 1.39. The number of benzene rings is 3. The highest BCUT2D eigenvalue weighted by atomic mass is 35.5. The van der Waals surface area contributed by atoms with Crippen LogP contribution in [-0.4, -0.2) is 16.8 Å². The first-order chi connectivity index (χ1) is 14.1. The normalized spacial score (nSPS) is 11.3. The summed E-state index contributed by atoms with van der Waals surface area (Å²) >= 11 is 7.54. The van der Waals surface area contributed by atoms with Crippen LogP contribution < -0.4 is 0 Å². The third-order valence-electron chi connectivity index (χ3n) is 4.46. The molecule has 0 heterocycles. The van der Waals surface area contributed by atoms with E-state index in [4.69, 9.17) is 11.6 Å². The van der Waals surface area contributed by atoms with Crippen molar-refractivity contribution in [3.05, 3.63) is 89.4 Å². The molecule has 0 fully saturated rings. The minimum absolute atomic E-state index is 0.355. The van der Waals surface area contributed by atoms with Crippen LogP contribution in [0.4, 0.5) is 0 Å². The predicted octanol–water partition coefficient (Wildman–Crippen LogP) is 7.46. The van der Waals surface area contributed by atoms with E-state index in [0.717, 1.165) is 33.0 Å². The molecule has 3 aromatic carbocycles. The van der Waals surface area contributed by atoms with Crippen molar-refractivity contribution >= 4 is 29.3 Å². The van der Waals surface area contributed by atoms with Crippen molar-refractivity contribution in [1.82, 2.24) is 0 Å². The SMILES string of the molecule is CC.O=C(O)C(CCc1ccc(-c2ccc(Cl)cc2)cc1)CSc1ccccc1. The lowest BCUT2D eigenvalue weighted by Crippen LogP contribution is -2.17. The average molecular weight is 427 g/mol. The molecule has 0 aliphatic rings. The van der Waals surface area contributed by atoms with Crippen LogP contribution in [0.2, 0.25) is 5.02 Å². The summed E-state index contributed by atoms with van der Waals surface area (Å²) in [6, 6.07) is 26.0. The molecule has 0 aliphatic carbocycles. The highest BCUT2D eigenvalue weighted by molar-refractivity contribution is 7.99. The van der Waals surface area contributed by atoms with E-state index in [9.17, 15) is 9.90 Å². The number of carboxylic acids is 1. The maximum absolute atomic E-state index is 11.6. The smallest absolute Gasteiger partial charge is 0.307 e. The van der Waals surface area contributed by atoms with Gasteiger partial charge >= 0.3 is 5.97 Å². The lowest BCUT2D eigenvalue weighted by molar-refractivity contribution is -0.141. The van der Waals surface area contributed by atoms with Gasteiger partial charge in [-0.1, -0.05) is 80.0 Å². The molecule has 0 amide bonds. The molecular weight excluding hydrogens is 400 g/mol. The predicted molar refractivity (Wildman–Crippen MR) is 125 cm³/mol. The van der Waals surface area contributed by atoms with Crippen LogP contribution >= 0.6 is 23.4 Å². The monoisotopic (exact) mass is 426 g/mol. The zero-order valence-electron chi connectivity index (χ0n) is 16.8. The van der Waals surface area contributed by atoms with Gasteiger partial charge in [-0.05, 0) is 53.8 Å². The molecular formula is C25H27ClO2S. The maximum atomic E-state index is 11.6. The number of aliphatic carboxylic acids is 1. The van der Waals surface area contributed by atoms with E-state index in [-0.39, 0.29) is 5.92 Å². The van der Waals surface area contributed by atoms with Gasteiger partial charge in [0.2, 0.25) is 0 Å². The van der Waals surface area contributed by atoms with E-state index in [1.807, 2.05) is 68.4 Å². The van der Waals surface area contributed by atoms with Crippen LogP contribution in [-0.2, 0) is 11.2 Å².